The Morgan fingerprint density at radius 1 is 0.727 bits per heavy atom. The van der Waals surface area contributed by atoms with Crippen LogP contribution in [0.25, 0.3) is 0 Å². The number of rotatable bonds is 2. The Labute approximate surface area is 65.9 Å². The van der Waals surface area contributed by atoms with Gasteiger partial charge in [0.1, 0.15) is 24.1 Å². The average Bonchev–Trinajstić information content (AvgIpc) is 1.55. The van der Waals surface area contributed by atoms with Gasteiger partial charge < -0.3 is 0 Å². The number of hydrogen-bond acceptors (Lipinski definition) is 3. The van der Waals surface area contributed by atoms with E-state index in [0.717, 1.165) is 0 Å². The van der Waals surface area contributed by atoms with Gasteiger partial charge in [-0.2, -0.15) is 26.3 Å². The molecule has 0 saturated heterocycles. The van der Waals surface area contributed by atoms with Crippen molar-refractivity contribution < 1.29 is 30.0 Å². The van der Waals surface area contributed by atoms with E-state index in [9.17, 15) is 26.3 Å². The molecule has 68 valence electrons. The van der Waals surface area contributed by atoms with Crippen LogP contribution in [0.2, 0.25) is 0 Å². The van der Waals surface area contributed by atoms with Crippen molar-refractivity contribution in [3.63, 3.8) is 0 Å². The second-order valence-electron chi connectivity index (χ2n) is 1.13. The molecule has 1 nitrogen and oxygen atoms in total. The molecule has 0 radical (unpaired) electrons. The fraction of sp³-hybridized carbons (Fsp3) is 1.00. The predicted octanol–water partition coefficient (Wildman–Crippen LogP) is 3.34. The van der Waals surface area contributed by atoms with Crippen LogP contribution in [0.5, 0.6) is 0 Å². The highest BCUT2D eigenvalue weighted by molar-refractivity contribution is 8.08. The van der Waals surface area contributed by atoms with Crippen molar-refractivity contribution in [3.8, 4) is 0 Å². The molecule has 0 unspecified atom stereocenters. The summed E-state index contributed by atoms with van der Waals surface area (Å²) in [5.74, 6) is 0. The average molecular weight is 218 g/mol. The number of hydrogen-bond donors (Lipinski definition) is 0. The Morgan fingerprint density at radius 3 is 1.18 bits per heavy atom. The predicted molar refractivity (Wildman–Crippen MR) is 28.4 cm³/mol. The van der Waals surface area contributed by atoms with E-state index in [2.05, 4.69) is 3.63 Å². The summed E-state index contributed by atoms with van der Waals surface area (Å²) >= 11 is -2.39. The van der Waals surface area contributed by atoms with Gasteiger partial charge in [-0.05, 0) is 0 Å². The molecule has 0 aromatic carbocycles. The maximum absolute atomic E-state index is 11.1. The molecule has 11 heavy (non-hydrogen) atoms. The van der Waals surface area contributed by atoms with Crippen molar-refractivity contribution in [2.45, 2.75) is 11.0 Å². The molecule has 0 aromatic rings. The summed E-state index contributed by atoms with van der Waals surface area (Å²) in [6.07, 6.45) is 0. The van der Waals surface area contributed by atoms with Crippen molar-refractivity contribution in [1.82, 2.24) is 0 Å². The topological polar surface area (TPSA) is 9.23 Å². The van der Waals surface area contributed by atoms with Crippen LogP contribution in [-0.2, 0) is 3.63 Å². The fourth-order valence-electron chi connectivity index (χ4n) is 0.0942. The van der Waals surface area contributed by atoms with Crippen LogP contribution in [0.4, 0.5) is 26.3 Å². The van der Waals surface area contributed by atoms with Gasteiger partial charge in [0.25, 0.3) is 0 Å². The van der Waals surface area contributed by atoms with Crippen molar-refractivity contribution in [2.75, 3.05) is 0 Å². The minimum absolute atomic E-state index is 1.20. The van der Waals surface area contributed by atoms with Crippen molar-refractivity contribution in [3.05, 3.63) is 0 Å². The zero-order valence-electron chi connectivity index (χ0n) is 4.49. The minimum atomic E-state index is -4.81. The van der Waals surface area contributed by atoms with Gasteiger partial charge in [-0.25, -0.2) is 3.63 Å². The maximum Gasteiger partial charge on any atom is 0.469 e. The summed E-state index contributed by atoms with van der Waals surface area (Å²) in [5.41, 5.74) is -9.61. The second kappa shape index (κ2) is 3.76. The molecule has 0 atom stereocenters. The van der Waals surface area contributed by atoms with Gasteiger partial charge in [0.15, 0.2) is 0 Å². The molecule has 0 aromatic heterocycles. The van der Waals surface area contributed by atoms with Crippen LogP contribution in [-0.4, -0.2) is 11.0 Å². The first-order valence-corrected chi connectivity index (χ1v) is 3.36. The van der Waals surface area contributed by atoms with E-state index < -0.39 is 35.1 Å². The first-order valence-electron chi connectivity index (χ1n) is 1.88. The summed E-state index contributed by atoms with van der Waals surface area (Å²) < 4.78 is 69.7. The molecular formula is C2F6OS2. The molecule has 0 aliphatic carbocycles. The Balaban J connectivity index is 3.44. The van der Waals surface area contributed by atoms with Gasteiger partial charge in [-0.3, -0.25) is 0 Å². The van der Waals surface area contributed by atoms with Crippen LogP contribution in [0.15, 0.2) is 0 Å². The van der Waals surface area contributed by atoms with Gasteiger partial charge in [0.05, 0.1) is 0 Å². The Hall–Kier alpha value is 0.240. The van der Waals surface area contributed by atoms with E-state index in [4.69, 9.17) is 0 Å². The highest BCUT2D eigenvalue weighted by atomic mass is 32.2. The normalized spacial score (nSPS) is 13.6. The fourth-order valence-corrected chi connectivity index (χ4v) is 0.847. The Bertz CT molecular complexity index is 103. The SMILES string of the molecule is FC(F)(F)SOSC(F)(F)F. The molecule has 0 heterocycles. The van der Waals surface area contributed by atoms with E-state index in [1.807, 2.05) is 0 Å². The van der Waals surface area contributed by atoms with Crippen molar-refractivity contribution in [2.24, 2.45) is 0 Å². The Kier molecular flexibility index (Phi) is 3.85. The van der Waals surface area contributed by atoms with Crippen LogP contribution < -0.4 is 0 Å². The lowest BCUT2D eigenvalue weighted by atomic mass is 11.6. The lowest BCUT2D eigenvalue weighted by Gasteiger charge is -2.05. The van der Waals surface area contributed by atoms with E-state index in [-0.39, 0.29) is 0 Å². The van der Waals surface area contributed by atoms with E-state index in [1.165, 1.54) is 0 Å². The molecule has 0 N–H and O–H groups in total. The zero-order valence-corrected chi connectivity index (χ0v) is 6.13. The van der Waals surface area contributed by atoms with Crippen molar-refractivity contribution in [1.29, 1.82) is 0 Å². The molecule has 0 saturated carbocycles. The largest absolute Gasteiger partial charge is 0.469 e. The van der Waals surface area contributed by atoms with Gasteiger partial charge in [0.2, 0.25) is 0 Å². The maximum atomic E-state index is 11.1. The van der Waals surface area contributed by atoms with Crippen molar-refractivity contribution >= 4 is 24.1 Å². The first kappa shape index (κ1) is 11.2. The summed E-state index contributed by atoms with van der Waals surface area (Å²) in [7, 11) is 0. The second-order valence-corrected chi connectivity index (χ2v) is 2.93. The molecule has 0 aliphatic heterocycles. The third kappa shape index (κ3) is 10.2. The summed E-state index contributed by atoms with van der Waals surface area (Å²) in [4.78, 5) is 0. The van der Waals surface area contributed by atoms with Gasteiger partial charge in [-0.1, -0.05) is 0 Å². The molecule has 0 bridgehead atoms. The van der Waals surface area contributed by atoms with Crippen LogP contribution in [0, 0.1) is 0 Å². The Morgan fingerprint density at radius 2 is 1.00 bits per heavy atom. The standard InChI is InChI=1S/C2F6OS2/c3-1(4,5)10-9-11-2(6,7)8. The number of halogens is 6. The quantitative estimate of drug-likeness (QED) is 0.519. The molecule has 0 aliphatic rings. The summed E-state index contributed by atoms with van der Waals surface area (Å²) in [6, 6.07) is 0. The van der Waals surface area contributed by atoms with Crippen LogP contribution >= 0.6 is 24.1 Å². The molecule has 0 spiro atoms. The van der Waals surface area contributed by atoms with E-state index in [1.54, 1.807) is 0 Å². The van der Waals surface area contributed by atoms with E-state index >= 15 is 0 Å². The zero-order chi connectivity index (χ0) is 9.12. The molecule has 0 fully saturated rings. The van der Waals surface area contributed by atoms with Gasteiger partial charge in [0, 0.05) is 0 Å². The summed E-state index contributed by atoms with van der Waals surface area (Å²) in [5, 5.41) is 0. The van der Waals surface area contributed by atoms with Crippen LogP contribution in [0.1, 0.15) is 0 Å². The lowest BCUT2D eigenvalue weighted by Crippen LogP contribution is -2.03. The first-order chi connectivity index (χ1) is 4.71. The minimum Gasteiger partial charge on any atom is -0.229 e. The van der Waals surface area contributed by atoms with Crippen LogP contribution in [0.3, 0.4) is 0 Å². The summed E-state index contributed by atoms with van der Waals surface area (Å²) in [6.45, 7) is 0. The van der Waals surface area contributed by atoms with Gasteiger partial charge >= 0.3 is 11.0 Å². The lowest BCUT2D eigenvalue weighted by molar-refractivity contribution is -0.0416. The van der Waals surface area contributed by atoms with E-state index in [0.29, 0.717) is 0 Å². The highest BCUT2D eigenvalue weighted by Gasteiger charge is 2.36. The smallest absolute Gasteiger partial charge is 0.229 e. The molecule has 0 rings (SSSR count). The monoisotopic (exact) mass is 218 g/mol. The highest BCUT2D eigenvalue weighted by Crippen LogP contribution is 2.40. The third-order valence-electron chi connectivity index (χ3n) is 0.257. The van der Waals surface area contributed by atoms with Gasteiger partial charge in [-0.15, -0.1) is 0 Å². The molecule has 0 amide bonds. The molecular weight excluding hydrogens is 218 g/mol. The molecule has 9 heteroatoms. The number of alkyl halides is 6. The third-order valence-corrected chi connectivity index (χ3v) is 1.18.